The molecule has 0 aliphatic carbocycles. The number of aliphatic carboxylic acids is 1. The van der Waals surface area contributed by atoms with E-state index in [1.807, 2.05) is 24.3 Å². The minimum atomic E-state index is -0.977. The van der Waals surface area contributed by atoms with Gasteiger partial charge in [-0.2, -0.15) is 0 Å². The summed E-state index contributed by atoms with van der Waals surface area (Å²) in [6.45, 7) is 0.0625. The molecular formula is C19H14FNO3S2. The maximum absolute atomic E-state index is 13.1. The van der Waals surface area contributed by atoms with Crippen molar-refractivity contribution < 1.29 is 19.1 Å². The number of carboxylic acids is 1. The molecule has 3 rings (SSSR count). The summed E-state index contributed by atoms with van der Waals surface area (Å²) in [5.74, 6) is -1.56. The fraction of sp³-hybridized carbons (Fsp3) is 0.105. The van der Waals surface area contributed by atoms with E-state index in [0.29, 0.717) is 9.23 Å². The molecule has 0 bridgehead atoms. The van der Waals surface area contributed by atoms with Crippen molar-refractivity contribution in [1.29, 1.82) is 0 Å². The smallest absolute Gasteiger partial charge is 0.305 e. The molecule has 1 aliphatic rings. The maximum atomic E-state index is 13.1. The molecule has 0 radical (unpaired) electrons. The second-order valence-electron chi connectivity index (χ2n) is 5.61. The monoisotopic (exact) mass is 387 g/mol. The average Bonchev–Trinajstić information content (AvgIpc) is 2.87. The molecule has 7 heteroatoms. The first-order valence-corrected chi connectivity index (χ1v) is 9.00. The molecule has 1 saturated heterocycles. The topological polar surface area (TPSA) is 57.6 Å². The van der Waals surface area contributed by atoms with Gasteiger partial charge < -0.3 is 5.11 Å². The summed E-state index contributed by atoms with van der Waals surface area (Å²) >= 11 is 6.33. The van der Waals surface area contributed by atoms with E-state index < -0.39 is 5.97 Å². The van der Waals surface area contributed by atoms with Crippen molar-refractivity contribution in [3.05, 3.63) is 64.8 Å². The summed E-state index contributed by atoms with van der Waals surface area (Å²) in [7, 11) is 0. The minimum absolute atomic E-state index is 0.0625. The third kappa shape index (κ3) is 4.17. The van der Waals surface area contributed by atoms with Crippen LogP contribution in [0, 0.1) is 5.82 Å². The van der Waals surface area contributed by atoms with E-state index in [2.05, 4.69) is 0 Å². The summed E-state index contributed by atoms with van der Waals surface area (Å²) in [6.07, 6.45) is 1.58. The standard InChI is InChI=1S/C19H14FNO3S2/c20-15-6-4-13(5-7-15)14-3-1-2-12(10-14)11-16-18(24)21(19(25)26-16)9-8-17(22)23/h1-7,10-11H,8-9H2,(H,22,23). The zero-order valence-electron chi connectivity index (χ0n) is 13.5. The first kappa shape index (κ1) is 18.3. The van der Waals surface area contributed by atoms with Crippen LogP contribution < -0.4 is 0 Å². The van der Waals surface area contributed by atoms with Gasteiger partial charge in [0, 0.05) is 6.54 Å². The van der Waals surface area contributed by atoms with Crippen molar-refractivity contribution in [1.82, 2.24) is 4.90 Å². The number of rotatable bonds is 5. The lowest BCUT2D eigenvalue weighted by Crippen LogP contribution is -2.30. The average molecular weight is 387 g/mol. The summed E-state index contributed by atoms with van der Waals surface area (Å²) in [6, 6.07) is 13.7. The number of hydrogen-bond donors (Lipinski definition) is 1. The van der Waals surface area contributed by atoms with Crippen molar-refractivity contribution >= 4 is 46.3 Å². The van der Waals surface area contributed by atoms with E-state index in [4.69, 9.17) is 17.3 Å². The number of carbonyl (C=O) groups excluding carboxylic acids is 1. The number of halogens is 1. The van der Waals surface area contributed by atoms with Gasteiger partial charge in [-0.1, -0.05) is 54.3 Å². The molecule has 132 valence electrons. The van der Waals surface area contributed by atoms with Gasteiger partial charge in [-0.05, 0) is 41.0 Å². The van der Waals surface area contributed by atoms with Gasteiger partial charge in [-0.15, -0.1) is 0 Å². The fourth-order valence-corrected chi connectivity index (χ4v) is 3.81. The summed E-state index contributed by atoms with van der Waals surface area (Å²) in [5.41, 5.74) is 2.58. The normalized spacial score (nSPS) is 15.7. The molecule has 1 aliphatic heterocycles. The SMILES string of the molecule is O=C(O)CCN1C(=O)C(=Cc2cccc(-c3ccc(F)cc3)c2)SC1=S. The van der Waals surface area contributed by atoms with Crippen molar-refractivity contribution in [2.75, 3.05) is 6.54 Å². The Balaban J connectivity index is 1.83. The number of thioether (sulfide) groups is 1. The van der Waals surface area contributed by atoms with E-state index >= 15 is 0 Å². The minimum Gasteiger partial charge on any atom is -0.481 e. The van der Waals surface area contributed by atoms with Crippen molar-refractivity contribution in [3.63, 3.8) is 0 Å². The molecule has 4 nitrogen and oxygen atoms in total. The Morgan fingerprint density at radius 2 is 1.92 bits per heavy atom. The molecule has 1 fully saturated rings. The van der Waals surface area contributed by atoms with E-state index in [1.54, 1.807) is 18.2 Å². The summed E-state index contributed by atoms with van der Waals surface area (Å²) < 4.78 is 13.4. The predicted octanol–water partition coefficient (Wildman–Crippen LogP) is 4.17. The first-order valence-electron chi connectivity index (χ1n) is 7.77. The number of carboxylic acid groups (broad SMARTS) is 1. The van der Waals surface area contributed by atoms with Gasteiger partial charge in [0.1, 0.15) is 10.1 Å². The van der Waals surface area contributed by atoms with E-state index in [9.17, 15) is 14.0 Å². The number of thiocarbonyl (C=S) groups is 1. The number of hydrogen-bond acceptors (Lipinski definition) is 4. The van der Waals surface area contributed by atoms with Crippen LogP contribution in [0.3, 0.4) is 0 Å². The van der Waals surface area contributed by atoms with Crippen LogP contribution in [-0.4, -0.2) is 32.7 Å². The molecule has 1 heterocycles. The Labute approximate surface area is 159 Å². The van der Waals surface area contributed by atoms with Crippen molar-refractivity contribution in [2.24, 2.45) is 0 Å². The van der Waals surface area contributed by atoms with Gasteiger partial charge in [0.2, 0.25) is 0 Å². The van der Waals surface area contributed by atoms with Crippen molar-refractivity contribution in [3.8, 4) is 11.1 Å². The molecule has 0 atom stereocenters. The third-order valence-corrected chi connectivity index (χ3v) is 5.16. The number of benzene rings is 2. The second-order valence-corrected chi connectivity index (χ2v) is 7.29. The summed E-state index contributed by atoms with van der Waals surface area (Å²) in [5, 5.41) is 8.78. The zero-order valence-corrected chi connectivity index (χ0v) is 15.1. The van der Waals surface area contributed by atoms with Gasteiger partial charge >= 0.3 is 5.97 Å². The Hall–Kier alpha value is -2.51. The van der Waals surface area contributed by atoms with Gasteiger partial charge in [0.15, 0.2) is 0 Å². The lowest BCUT2D eigenvalue weighted by molar-refractivity contribution is -0.137. The number of amides is 1. The fourth-order valence-electron chi connectivity index (χ4n) is 2.50. The highest BCUT2D eigenvalue weighted by Gasteiger charge is 2.32. The molecule has 2 aromatic rings. The Morgan fingerprint density at radius 1 is 1.19 bits per heavy atom. The quantitative estimate of drug-likeness (QED) is 0.616. The van der Waals surface area contributed by atoms with Crippen LogP contribution in [0.25, 0.3) is 17.2 Å². The number of nitrogens with zero attached hydrogens (tertiary/aromatic N) is 1. The van der Waals surface area contributed by atoms with E-state index in [0.717, 1.165) is 28.5 Å². The lowest BCUT2D eigenvalue weighted by atomic mass is 10.0. The van der Waals surface area contributed by atoms with Gasteiger partial charge in [-0.25, -0.2) is 4.39 Å². The maximum Gasteiger partial charge on any atom is 0.305 e. The summed E-state index contributed by atoms with van der Waals surface area (Å²) in [4.78, 5) is 24.9. The molecule has 2 aromatic carbocycles. The highest BCUT2D eigenvalue weighted by atomic mass is 32.2. The van der Waals surface area contributed by atoms with Crippen LogP contribution >= 0.6 is 24.0 Å². The van der Waals surface area contributed by atoms with E-state index in [1.165, 1.54) is 17.0 Å². The third-order valence-electron chi connectivity index (χ3n) is 3.78. The lowest BCUT2D eigenvalue weighted by Gasteiger charge is -2.12. The Bertz CT molecular complexity index is 909. The van der Waals surface area contributed by atoms with Crippen molar-refractivity contribution in [2.45, 2.75) is 6.42 Å². The first-order chi connectivity index (χ1) is 12.4. The Morgan fingerprint density at radius 3 is 2.62 bits per heavy atom. The predicted molar refractivity (Wildman–Crippen MR) is 104 cm³/mol. The van der Waals surface area contributed by atoms with Crippen LogP contribution in [0.15, 0.2) is 53.4 Å². The molecule has 26 heavy (non-hydrogen) atoms. The Kier molecular flexibility index (Phi) is 5.49. The highest BCUT2D eigenvalue weighted by Crippen LogP contribution is 2.33. The molecule has 0 aromatic heterocycles. The van der Waals surface area contributed by atoms with Crippen LogP contribution in [-0.2, 0) is 9.59 Å². The molecule has 0 unspecified atom stereocenters. The molecule has 0 saturated carbocycles. The largest absolute Gasteiger partial charge is 0.481 e. The molecular weight excluding hydrogens is 373 g/mol. The second kappa shape index (κ2) is 7.80. The number of carbonyl (C=O) groups is 2. The van der Waals surface area contributed by atoms with Crippen LogP contribution in [0.5, 0.6) is 0 Å². The van der Waals surface area contributed by atoms with Crippen LogP contribution in [0.4, 0.5) is 4.39 Å². The van der Waals surface area contributed by atoms with Crippen LogP contribution in [0.2, 0.25) is 0 Å². The molecule has 1 N–H and O–H groups in total. The molecule has 1 amide bonds. The van der Waals surface area contributed by atoms with Gasteiger partial charge in [0.05, 0.1) is 11.3 Å². The van der Waals surface area contributed by atoms with Gasteiger partial charge in [-0.3, -0.25) is 14.5 Å². The highest BCUT2D eigenvalue weighted by molar-refractivity contribution is 8.26. The molecule has 0 spiro atoms. The van der Waals surface area contributed by atoms with E-state index in [-0.39, 0.29) is 24.7 Å². The van der Waals surface area contributed by atoms with Gasteiger partial charge in [0.25, 0.3) is 5.91 Å². The zero-order chi connectivity index (χ0) is 18.7. The van der Waals surface area contributed by atoms with Crippen LogP contribution in [0.1, 0.15) is 12.0 Å².